The normalized spacial score (nSPS) is 14.8. The van der Waals surface area contributed by atoms with Crippen LogP contribution in [0.25, 0.3) is 22.3 Å². The molecule has 1 fully saturated rings. The number of hydrogen-bond donors (Lipinski definition) is 0. The minimum absolute atomic E-state index is 0.726. The van der Waals surface area contributed by atoms with Crippen LogP contribution in [-0.4, -0.2) is 31.1 Å². The molecule has 1 aliphatic heterocycles. The van der Waals surface area contributed by atoms with Crippen LogP contribution in [0, 0.1) is 0 Å². The molecule has 3 aromatic carbocycles. The van der Waals surface area contributed by atoms with Gasteiger partial charge in [0.2, 0.25) is 0 Å². The summed E-state index contributed by atoms with van der Waals surface area (Å²) in [6.45, 7) is 4.13. The number of nitrogens with zero attached hydrogens (tertiary/aromatic N) is 1. The maximum Gasteiger partial charge on any atom is 0.135 e. The van der Waals surface area contributed by atoms with Gasteiger partial charge in [0.25, 0.3) is 0 Å². The molecule has 2 nitrogen and oxygen atoms in total. The molecule has 0 bridgehead atoms. The van der Waals surface area contributed by atoms with Gasteiger partial charge in [-0.05, 0) is 37.1 Å². The first kappa shape index (κ1) is 17.8. The highest BCUT2D eigenvalue weighted by Gasteiger charge is 2.15. The molecule has 2 heteroatoms. The van der Waals surface area contributed by atoms with Gasteiger partial charge in [-0.25, -0.2) is 0 Å². The SMILES string of the molecule is c1ccc(-c2cccc(-c3ccccc3)c2OCCN2CCCCC2)cc1. The fourth-order valence-corrected chi connectivity index (χ4v) is 3.84. The zero-order chi connectivity index (χ0) is 18.3. The van der Waals surface area contributed by atoms with Crippen LogP contribution in [0.3, 0.4) is 0 Å². The van der Waals surface area contributed by atoms with Crippen molar-refractivity contribution in [1.29, 1.82) is 0 Å². The van der Waals surface area contributed by atoms with Gasteiger partial charge in [-0.2, -0.15) is 0 Å². The molecule has 0 aromatic heterocycles. The molecule has 27 heavy (non-hydrogen) atoms. The molecule has 1 heterocycles. The molecule has 3 aromatic rings. The molecule has 0 aliphatic carbocycles. The van der Waals surface area contributed by atoms with Gasteiger partial charge in [-0.15, -0.1) is 0 Å². The predicted octanol–water partition coefficient (Wildman–Crippen LogP) is 5.89. The molecule has 1 saturated heterocycles. The third-order valence-electron chi connectivity index (χ3n) is 5.29. The Morgan fingerprint density at radius 1 is 0.630 bits per heavy atom. The average molecular weight is 357 g/mol. The summed E-state index contributed by atoms with van der Waals surface area (Å²) < 4.78 is 6.44. The molecule has 0 atom stereocenters. The number of benzene rings is 3. The summed E-state index contributed by atoms with van der Waals surface area (Å²) in [5, 5.41) is 0. The van der Waals surface area contributed by atoms with Crippen molar-refractivity contribution in [2.75, 3.05) is 26.2 Å². The zero-order valence-electron chi connectivity index (χ0n) is 15.8. The first-order chi connectivity index (χ1) is 13.4. The molecule has 1 aliphatic rings. The molecule has 0 radical (unpaired) electrons. The van der Waals surface area contributed by atoms with Gasteiger partial charge < -0.3 is 4.74 Å². The van der Waals surface area contributed by atoms with Crippen molar-refractivity contribution in [3.05, 3.63) is 78.9 Å². The monoisotopic (exact) mass is 357 g/mol. The minimum Gasteiger partial charge on any atom is -0.491 e. The summed E-state index contributed by atoms with van der Waals surface area (Å²) in [7, 11) is 0. The Hall–Kier alpha value is -2.58. The third-order valence-corrected chi connectivity index (χ3v) is 5.29. The van der Waals surface area contributed by atoms with Gasteiger partial charge in [-0.3, -0.25) is 4.90 Å². The molecule has 0 amide bonds. The topological polar surface area (TPSA) is 12.5 Å². The number of hydrogen-bond acceptors (Lipinski definition) is 2. The van der Waals surface area contributed by atoms with E-state index in [0.29, 0.717) is 0 Å². The first-order valence-corrected chi connectivity index (χ1v) is 10.0. The zero-order valence-corrected chi connectivity index (χ0v) is 15.8. The van der Waals surface area contributed by atoms with Crippen molar-refractivity contribution in [3.8, 4) is 28.0 Å². The lowest BCUT2D eigenvalue weighted by Crippen LogP contribution is -2.33. The van der Waals surface area contributed by atoms with Crippen LogP contribution in [-0.2, 0) is 0 Å². The van der Waals surface area contributed by atoms with Gasteiger partial charge in [0.05, 0.1) is 0 Å². The standard InChI is InChI=1S/C25H27NO/c1-4-11-21(12-5-1)23-15-10-16-24(22-13-6-2-7-14-22)25(23)27-20-19-26-17-8-3-9-18-26/h1-2,4-7,10-16H,3,8-9,17-20H2. The van der Waals surface area contributed by atoms with E-state index in [1.54, 1.807) is 0 Å². The Morgan fingerprint density at radius 3 is 1.74 bits per heavy atom. The van der Waals surface area contributed by atoms with Crippen molar-refractivity contribution in [1.82, 2.24) is 4.90 Å². The van der Waals surface area contributed by atoms with Crippen LogP contribution < -0.4 is 4.74 Å². The van der Waals surface area contributed by atoms with E-state index < -0.39 is 0 Å². The molecule has 4 rings (SSSR count). The second-order valence-corrected chi connectivity index (χ2v) is 7.17. The minimum atomic E-state index is 0.726. The largest absolute Gasteiger partial charge is 0.491 e. The van der Waals surface area contributed by atoms with E-state index in [2.05, 4.69) is 83.8 Å². The van der Waals surface area contributed by atoms with Crippen LogP contribution >= 0.6 is 0 Å². The molecule has 138 valence electrons. The fourth-order valence-electron chi connectivity index (χ4n) is 3.84. The number of piperidine rings is 1. The lowest BCUT2D eigenvalue weighted by molar-refractivity contribution is 0.184. The lowest BCUT2D eigenvalue weighted by atomic mass is 9.97. The van der Waals surface area contributed by atoms with E-state index in [-0.39, 0.29) is 0 Å². The predicted molar refractivity (Wildman–Crippen MR) is 113 cm³/mol. The Labute approximate surface area is 162 Å². The van der Waals surface area contributed by atoms with Crippen molar-refractivity contribution in [2.45, 2.75) is 19.3 Å². The van der Waals surface area contributed by atoms with Crippen molar-refractivity contribution in [2.24, 2.45) is 0 Å². The van der Waals surface area contributed by atoms with E-state index in [1.165, 1.54) is 43.5 Å². The van der Waals surface area contributed by atoms with Crippen molar-refractivity contribution >= 4 is 0 Å². The number of para-hydroxylation sites is 1. The van der Waals surface area contributed by atoms with Crippen LogP contribution in [0.4, 0.5) is 0 Å². The highest BCUT2D eigenvalue weighted by Crippen LogP contribution is 2.39. The highest BCUT2D eigenvalue weighted by atomic mass is 16.5. The van der Waals surface area contributed by atoms with E-state index in [0.717, 1.165) is 30.0 Å². The number of rotatable bonds is 6. The lowest BCUT2D eigenvalue weighted by Gasteiger charge is -2.26. The second-order valence-electron chi connectivity index (χ2n) is 7.17. The first-order valence-electron chi connectivity index (χ1n) is 10.0. The molecule has 0 spiro atoms. The summed E-state index contributed by atoms with van der Waals surface area (Å²) in [6.07, 6.45) is 4.00. The number of likely N-dealkylation sites (tertiary alicyclic amines) is 1. The van der Waals surface area contributed by atoms with Gasteiger partial charge in [0.15, 0.2) is 0 Å². The van der Waals surface area contributed by atoms with Gasteiger partial charge >= 0.3 is 0 Å². The Morgan fingerprint density at radius 2 is 1.19 bits per heavy atom. The maximum atomic E-state index is 6.44. The summed E-state index contributed by atoms with van der Waals surface area (Å²) in [5.41, 5.74) is 4.72. The quantitative estimate of drug-likeness (QED) is 0.546. The fraction of sp³-hybridized carbons (Fsp3) is 0.280. The summed E-state index contributed by atoms with van der Waals surface area (Å²) in [4.78, 5) is 2.52. The molecule has 0 N–H and O–H groups in total. The number of ether oxygens (including phenoxy) is 1. The van der Waals surface area contributed by atoms with Crippen LogP contribution in [0.15, 0.2) is 78.9 Å². The van der Waals surface area contributed by atoms with E-state index >= 15 is 0 Å². The van der Waals surface area contributed by atoms with Crippen LogP contribution in [0.1, 0.15) is 19.3 Å². The van der Waals surface area contributed by atoms with E-state index in [9.17, 15) is 0 Å². The van der Waals surface area contributed by atoms with E-state index in [4.69, 9.17) is 4.74 Å². The summed E-state index contributed by atoms with van der Waals surface area (Å²) >= 11 is 0. The smallest absolute Gasteiger partial charge is 0.135 e. The van der Waals surface area contributed by atoms with Gasteiger partial charge in [0, 0.05) is 17.7 Å². The van der Waals surface area contributed by atoms with Gasteiger partial charge in [-0.1, -0.05) is 85.3 Å². The van der Waals surface area contributed by atoms with Gasteiger partial charge in [0.1, 0.15) is 12.4 Å². The maximum absolute atomic E-state index is 6.44. The molecular weight excluding hydrogens is 330 g/mol. The average Bonchev–Trinajstić information content (AvgIpc) is 2.76. The summed E-state index contributed by atoms with van der Waals surface area (Å²) in [5.74, 6) is 0.993. The third kappa shape index (κ3) is 4.40. The molecule has 0 saturated carbocycles. The Bertz CT molecular complexity index is 781. The van der Waals surface area contributed by atoms with Crippen molar-refractivity contribution in [3.63, 3.8) is 0 Å². The van der Waals surface area contributed by atoms with Crippen LogP contribution in [0.5, 0.6) is 5.75 Å². The molecule has 0 unspecified atom stereocenters. The molecular formula is C25H27NO. The summed E-state index contributed by atoms with van der Waals surface area (Å²) in [6, 6.07) is 27.5. The van der Waals surface area contributed by atoms with Crippen LogP contribution in [0.2, 0.25) is 0 Å². The van der Waals surface area contributed by atoms with Crippen molar-refractivity contribution < 1.29 is 4.74 Å². The second kappa shape index (κ2) is 8.88. The Balaban J connectivity index is 1.63. The van der Waals surface area contributed by atoms with E-state index in [1.807, 2.05) is 0 Å². The highest BCUT2D eigenvalue weighted by molar-refractivity contribution is 5.82. The Kier molecular flexibility index (Phi) is 5.86.